The third kappa shape index (κ3) is 3.47. The van der Waals surface area contributed by atoms with E-state index in [0.29, 0.717) is 5.69 Å². The fourth-order valence-electron chi connectivity index (χ4n) is 1.02. The molecule has 1 aromatic rings. The number of carbonyl (C=O) groups excluding carboxylic acids is 1. The molecular formula is C11H18N2O. The van der Waals surface area contributed by atoms with Gasteiger partial charge < -0.3 is 9.88 Å². The Labute approximate surface area is 85.4 Å². The zero-order valence-corrected chi connectivity index (χ0v) is 9.24. The molecule has 0 aliphatic rings. The zero-order valence-electron chi connectivity index (χ0n) is 9.24. The molecular weight excluding hydrogens is 176 g/mol. The molecule has 0 saturated carbocycles. The van der Waals surface area contributed by atoms with E-state index in [0.717, 1.165) is 11.8 Å². The van der Waals surface area contributed by atoms with E-state index >= 15 is 0 Å². The minimum absolute atomic E-state index is 0.666. The molecule has 0 aliphatic carbocycles. The molecule has 1 heterocycles. The van der Waals surface area contributed by atoms with E-state index in [1.165, 1.54) is 0 Å². The number of aldehydes is 1. The van der Waals surface area contributed by atoms with Crippen LogP contribution in [0.4, 0.5) is 0 Å². The zero-order chi connectivity index (χ0) is 11.0. The highest BCUT2D eigenvalue weighted by molar-refractivity contribution is 5.74. The first-order valence-electron chi connectivity index (χ1n) is 4.75. The second kappa shape index (κ2) is 6.95. The minimum Gasteiger partial charge on any atom is -0.393 e. The molecule has 0 bridgehead atoms. The SMILES string of the molecule is CC.CN/C=C\n1cc(C)cc1C=O. The van der Waals surface area contributed by atoms with Gasteiger partial charge in [-0.15, -0.1) is 0 Å². The number of aryl methyl sites for hydroxylation is 1. The van der Waals surface area contributed by atoms with Crippen LogP contribution in [0.3, 0.4) is 0 Å². The van der Waals surface area contributed by atoms with Gasteiger partial charge in [-0.05, 0) is 18.6 Å². The van der Waals surface area contributed by atoms with Gasteiger partial charge in [0, 0.05) is 25.6 Å². The molecule has 0 spiro atoms. The average molecular weight is 194 g/mol. The van der Waals surface area contributed by atoms with Gasteiger partial charge in [0.1, 0.15) is 0 Å². The predicted octanol–water partition coefficient (Wildman–Crippen LogP) is 2.28. The van der Waals surface area contributed by atoms with Crippen molar-refractivity contribution in [2.24, 2.45) is 0 Å². The molecule has 3 heteroatoms. The van der Waals surface area contributed by atoms with E-state index in [1.54, 1.807) is 17.0 Å². The molecule has 0 saturated heterocycles. The van der Waals surface area contributed by atoms with Gasteiger partial charge in [0.05, 0.1) is 5.69 Å². The Morgan fingerprint density at radius 3 is 2.57 bits per heavy atom. The second-order valence-electron chi connectivity index (χ2n) is 2.57. The highest BCUT2D eigenvalue weighted by atomic mass is 16.1. The third-order valence-corrected chi connectivity index (χ3v) is 1.54. The number of nitrogens with one attached hydrogen (secondary N) is 1. The molecule has 0 amide bonds. The van der Waals surface area contributed by atoms with Crippen LogP contribution in [0.15, 0.2) is 18.5 Å². The van der Waals surface area contributed by atoms with Crippen molar-refractivity contribution in [3.8, 4) is 0 Å². The molecule has 1 rings (SSSR count). The number of carbonyl (C=O) groups is 1. The monoisotopic (exact) mass is 194 g/mol. The summed E-state index contributed by atoms with van der Waals surface area (Å²) in [5.41, 5.74) is 1.75. The fraction of sp³-hybridized carbons (Fsp3) is 0.364. The van der Waals surface area contributed by atoms with Crippen molar-refractivity contribution in [1.82, 2.24) is 9.88 Å². The summed E-state index contributed by atoms with van der Waals surface area (Å²) in [6, 6.07) is 1.84. The maximum Gasteiger partial charge on any atom is 0.166 e. The molecule has 1 N–H and O–H groups in total. The van der Waals surface area contributed by atoms with Crippen LogP contribution in [0.5, 0.6) is 0 Å². The van der Waals surface area contributed by atoms with Crippen molar-refractivity contribution in [2.45, 2.75) is 20.8 Å². The van der Waals surface area contributed by atoms with Crippen molar-refractivity contribution in [2.75, 3.05) is 7.05 Å². The Bertz CT molecular complexity index is 300. The van der Waals surface area contributed by atoms with Crippen molar-refractivity contribution in [1.29, 1.82) is 0 Å². The van der Waals surface area contributed by atoms with Gasteiger partial charge in [0.2, 0.25) is 0 Å². The van der Waals surface area contributed by atoms with Gasteiger partial charge in [-0.1, -0.05) is 13.8 Å². The van der Waals surface area contributed by atoms with Gasteiger partial charge in [-0.2, -0.15) is 0 Å². The number of hydrogen-bond acceptors (Lipinski definition) is 2. The first kappa shape index (κ1) is 12.5. The van der Waals surface area contributed by atoms with Crippen LogP contribution in [-0.2, 0) is 0 Å². The van der Waals surface area contributed by atoms with Gasteiger partial charge in [0.25, 0.3) is 0 Å². The molecule has 0 aromatic carbocycles. The van der Waals surface area contributed by atoms with Crippen molar-refractivity contribution < 1.29 is 4.79 Å². The normalized spacial score (nSPS) is 9.43. The van der Waals surface area contributed by atoms with Crippen LogP contribution in [-0.4, -0.2) is 17.9 Å². The summed E-state index contributed by atoms with van der Waals surface area (Å²) in [6.07, 6.45) is 6.31. The van der Waals surface area contributed by atoms with E-state index in [1.807, 2.05) is 40.1 Å². The largest absolute Gasteiger partial charge is 0.393 e. The molecule has 3 nitrogen and oxygen atoms in total. The summed E-state index contributed by atoms with van der Waals surface area (Å²) in [6.45, 7) is 5.96. The van der Waals surface area contributed by atoms with Crippen LogP contribution in [0, 0.1) is 6.92 Å². The van der Waals surface area contributed by atoms with Crippen molar-refractivity contribution in [3.05, 3.63) is 29.7 Å². The number of rotatable bonds is 3. The van der Waals surface area contributed by atoms with Crippen molar-refractivity contribution in [3.63, 3.8) is 0 Å². The summed E-state index contributed by atoms with van der Waals surface area (Å²) in [5.74, 6) is 0. The van der Waals surface area contributed by atoms with E-state index in [4.69, 9.17) is 0 Å². The first-order valence-corrected chi connectivity index (χ1v) is 4.75. The van der Waals surface area contributed by atoms with Crippen LogP contribution < -0.4 is 5.32 Å². The Kier molecular flexibility index (Phi) is 6.20. The smallest absolute Gasteiger partial charge is 0.166 e. The van der Waals surface area contributed by atoms with E-state index < -0.39 is 0 Å². The summed E-state index contributed by atoms with van der Waals surface area (Å²) in [4.78, 5) is 10.5. The van der Waals surface area contributed by atoms with E-state index in [-0.39, 0.29) is 0 Å². The topological polar surface area (TPSA) is 34.0 Å². The number of hydrogen-bond donors (Lipinski definition) is 1. The molecule has 0 radical (unpaired) electrons. The lowest BCUT2D eigenvalue weighted by molar-refractivity contribution is 0.111. The van der Waals surface area contributed by atoms with Crippen LogP contribution in [0.1, 0.15) is 29.9 Å². The fourth-order valence-corrected chi connectivity index (χ4v) is 1.02. The van der Waals surface area contributed by atoms with Gasteiger partial charge in [-0.3, -0.25) is 4.79 Å². The lowest BCUT2D eigenvalue weighted by Gasteiger charge is -1.94. The maximum absolute atomic E-state index is 10.5. The molecule has 0 atom stereocenters. The quantitative estimate of drug-likeness (QED) is 0.749. The van der Waals surface area contributed by atoms with Crippen molar-refractivity contribution >= 4 is 12.5 Å². The Morgan fingerprint density at radius 1 is 1.43 bits per heavy atom. The predicted molar refractivity (Wildman–Crippen MR) is 60.3 cm³/mol. The van der Waals surface area contributed by atoms with Gasteiger partial charge in [0.15, 0.2) is 6.29 Å². The standard InChI is InChI=1S/C9H12N2O.C2H6/c1-8-5-9(7-12)11(6-8)4-3-10-2;1-2/h3-7,10H,1-2H3;1-2H3/b4-3-;. The second-order valence-corrected chi connectivity index (χ2v) is 2.57. The Hall–Kier alpha value is -1.51. The summed E-state index contributed by atoms with van der Waals surface area (Å²) < 4.78 is 1.78. The minimum atomic E-state index is 0.666. The number of aromatic nitrogens is 1. The molecule has 78 valence electrons. The van der Waals surface area contributed by atoms with Crippen LogP contribution in [0.2, 0.25) is 0 Å². The highest BCUT2D eigenvalue weighted by Crippen LogP contribution is 2.05. The lowest BCUT2D eigenvalue weighted by Crippen LogP contribution is -1.96. The summed E-state index contributed by atoms with van der Waals surface area (Å²) in [7, 11) is 1.81. The molecule has 14 heavy (non-hydrogen) atoms. The van der Waals surface area contributed by atoms with E-state index in [2.05, 4.69) is 5.32 Å². The Balaban J connectivity index is 0.000000791. The maximum atomic E-state index is 10.5. The number of nitrogens with zero attached hydrogens (tertiary/aromatic N) is 1. The Morgan fingerprint density at radius 2 is 2.07 bits per heavy atom. The summed E-state index contributed by atoms with van der Waals surface area (Å²) >= 11 is 0. The highest BCUT2D eigenvalue weighted by Gasteiger charge is 1.97. The molecule has 1 aromatic heterocycles. The lowest BCUT2D eigenvalue weighted by atomic mass is 10.3. The van der Waals surface area contributed by atoms with Crippen LogP contribution in [0.25, 0.3) is 6.20 Å². The van der Waals surface area contributed by atoms with E-state index in [9.17, 15) is 4.79 Å². The average Bonchev–Trinajstić information content (AvgIpc) is 2.59. The third-order valence-electron chi connectivity index (χ3n) is 1.54. The van der Waals surface area contributed by atoms with Crippen LogP contribution >= 0.6 is 0 Å². The molecule has 0 unspecified atom stereocenters. The molecule has 0 aliphatic heterocycles. The van der Waals surface area contributed by atoms with Gasteiger partial charge >= 0.3 is 0 Å². The molecule has 0 fully saturated rings. The summed E-state index contributed by atoms with van der Waals surface area (Å²) in [5, 5.41) is 2.86. The first-order chi connectivity index (χ1) is 6.77. The van der Waals surface area contributed by atoms with Gasteiger partial charge in [-0.25, -0.2) is 0 Å².